The Balaban J connectivity index is 1.50. The second-order valence-corrected chi connectivity index (χ2v) is 8.03. The lowest BCUT2D eigenvalue weighted by Gasteiger charge is -2.25. The molecule has 1 aromatic rings. The van der Waals surface area contributed by atoms with Gasteiger partial charge in [0.1, 0.15) is 11.4 Å². The van der Waals surface area contributed by atoms with E-state index in [9.17, 15) is 9.59 Å². The molecule has 7 heteroatoms. The number of fused-ring (bicyclic) bond motifs is 1. The number of anilines is 1. The predicted molar refractivity (Wildman–Crippen MR) is 99.1 cm³/mol. The standard InChI is InChI=1S/C20H27N3O4/c1-4-5-6-7-12(2)21-18(24)16-14-8-9-20(26-14)11-23(19(25)17(16)20)15-10-13(3)27-22-15/h8-10,12,14,16-17H,4-7,11H2,1-3H3,(H,21,24)/t12-,14+,16+,17+,20-/m0/s1. The van der Waals surface area contributed by atoms with E-state index in [4.69, 9.17) is 9.26 Å². The third kappa shape index (κ3) is 2.98. The first-order valence-electron chi connectivity index (χ1n) is 9.87. The van der Waals surface area contributed by atoms with Crippen molar-refractivity contribution < 1.29 is 18.8 Å². The molecule has 4 rings (SSSR count). The molecule has 3 aliphatic rings. The highest BCUT2D eigenvalue weighted by Crippen LogP contribution is 2.52. The number of nitrogens with one attached hydrogen (secondary N) is 1. The summed E-state index contributed by atoms with van der Waals surface area (Å²) in [4.78, 5) is 27.7. The number of hydrogen-bond donors (Lipinski definition) is 1. The smallest absolute Gasteiger partial charge is 0.235 e. The molecule has 146 valence electrons. The first-order chi connectivity index (χ1) is 12.9. The van der Waals surface area contributed by atoms with Crippen molar-refractivity contribution in [1.82, 2.24) is 10.5 Å². The van der Waals surface area contributed by atoms with Gasteiger partial charge in [-0.2, -0.15) is 0 Å². The zero-order valence-corrected chi connectivity index (χ0v) is 16.1. The van der Waals surface area contributed by atoms with E-state index < -0.39 is 17.4 Å². The molecule has 1 N–H and O–H groups in total. The van der Waals surface area contributed by atoms with Crippen LogP contribution in [0, 0.1) is 18.8 Å². The van der Waals surface area contributed by atoms with E-state index >= 15 is 0 Å². The molecule has 0 saturated carbocycles. The molecule has 0 radical (unpaired) electrons. The summed E-state index contributed by atoms with van der Waals surface area (Å²) in [5.41, 5.74) is -0.734. The first-order valence-corrected chi connectivity index (χ1v) is 9.87. The molecule has 0 aromatic carbocycles. The fourth-order valence-electron chi connectivity index (χ4n) is 4.58. The van der Waals surface area contributed by atoms with Crippen LogP contribution in [0.15, 0.2) is 22.7 Å². The number of nitrogens with zero attached hydrogens (tertiary/aromatic N) is 2. The van der Waals surface area contributed by atoms with E-state index in [0.29, 0.717) is 18.1 Å². The Morgan fingerprint density at radius 2 is 2.30 bits per heavy atom. The molecule has 1 aromatic heterocycles. The van der Waals surface area contributed by atoms with Gasteiger partial charge in [-0.3, -0.25) is 14.5 Å². The Hall–Kier alpha value is -2.15. The van der Waals surface area contributed by atoms with Crippen LogP contribution in [0.25, 0.3) is 0 Å². The molecule has 0 aliphatic carbocycles. The quantitative estimate of drug-likeness (QED) is 0.586. The monoisotopic (exact) mass is 373 g/mol. The molecule has 2 bridgehead atoms. The largest absolute Gasteiger partial charge is 0.360 e. The van der Waals surface area contributed by atoms with Crippen LogP contribution >= 0.6 is 0 Å². The average Bonchev–Trinajstić information content (AvgIpc) is 3.36. The number of aryl methyl sites for hydroxylation is 1. The van der Waals surface area contributed by atoms with E-state index in [-0.39, 0.29) is 24.0 Å². The minimum atomic E-state index is -0.734. The van der Waals surface area contributed by atoms with Crippen LogP contribution < -0.4 is 10.2 Å². The maximum Gasteiger partial charge on any atom is 0.235 e. The number of amides is 2. The Labute approximate surface area is 159 Å². The molecule has 2 saturated heterocycles. The van der Waals surface area contributed by atoms with Crippen molar-refractivity contribution in [2.75, 3.05) is 11.4 Å². The van der Waals surface area contributed by atoms with Crippen molar-refractivity contribution in [1.29, 1.82) is 0 Å². The van der Waals surface area contributed by atoms with Crippen LogP contribution in [0.5, 0.6) is 0 Å². The Morgan fingerprint density at radius 1 is 1.48 bits per heavy atom. The fraction of sp³-hybridized carbons (Fsp3) is 0.650. The fourth-order valence-corrected chi connectivity index (χ4v) is 4.58. The summed E-state index contributed by atoms with van der Waals surface area (Å²) in [6.45, 7) is 6.34. The lowest BCUT2D eigenvalue weighted by atomic mass is 9.76. The van der Waals surface area contributed by atoms with Crippen LogP contribution in [0.3, 0.4) is 0 Å². The van der Waals surface area contributed by atoms with Crippen LogP contribution in [0.4, 0.5) is 5.82 Å². The topological polar surface area (TPSA) is 84.7 Å². The molecular formula is C20H27N3O4. The van der Waals surface area contributed by atoms with Crippen molar-refractivity contribution in [2.45, 2.75) is 64.2 Å². The summed E-state index contributed by atoms with van der Waals surface area (Å²) in [7, 11) is 0. The molecule has 5 atom stereocenters. The number of carbonyl (C=O) groups excluding carboxylic acids is 2. The van der Waals surface area contributed by atoms with Gasteiger partial charge in [-0.15, -0.1) is 0 Å². The van der Waals surface area contributed by atoms with Crippen molar-refractivity contribution >= 4 is 17.6 Å². The number of aromatic nitrogens is 1. The summed E-state index contributed by atoms with van der Waals surface area (Å²) in [6.07, 6.45) is 7.89. The molecule has 3 aliphatic heterocycles. The van der Waals surface area contributed by atoms with Gasteiger partial charge in [0.2, 0.25) is 11.8 Å². The van der Waals surface area contributed by atoms with Gasteiger partial charge in [0.05, 0.1) is 24.5 Å². The van der Waals surface area contributed by atoms with E-state index in [2.05, 4.69) is 17.4 Å². The highest BCUT2D eigenvalue weighted by atomic mass is 16.5. The van der Waals surface area contributed by atoms with Gasteiger partial charge >= 0.3 is 0 Å². The molecule has 2 amide bonds. The second-order valence-electron chi connectivity index (χ2n) is 8.03. The first kappa shape index (κ1) is 18.2. The van der Waals surface area contributed by atoms with Gasteiger partial charge in [-0.25, -0.2) is 0 Å². The number of ether oxygens (including phenoxy) is 1. The van der Waals surface area contributed by atoms with Gasteiger partial charge in [-0.05, 0) is 20.3 Å². The van der Waals surface area contributed by atoms with E-state index in [1.807, 2.05) is 19.1 Å². The Morgan fingerprint density at radius 3 is 3.00 bits per heavy atom. The third-order valence-corrected chi connectivity index (χ3v) is 5.92. The highest BCUT2D eigenvalue weighted by Gasteiger charge is 2.67. The summed E-state index contributed by atoms with van der Waals surface area (Å²) in [6, 6.07) is 1.82. The molecule has 7 nitrogen and oxygen atoms in total. The molecule has 0 unspecified atom stereocenters. The third-order valence-electron chi connectivity index (χ3n) is 5.92. The van der Waals surface area contributed by atoms with Crippen LogP contribution in [0.2, 0.25) is 0 Å². The van der Waals surface area contributed by atoms with Gasteiger partial charge in [-0.1, -0.05) is 43.5 Å². The highest BCUT2D eigenvalue weighted by molar-refractivity contribution is 6.02. The Kier molecular flexibility index (Phi) is 4.58. The van der Waals surface area contributed by atoms with Gasteiger partial charge in [0.15, 0.2) is 5.82 Å². The molecular weight excluding hydrogens is 346 g/mol. The predicted octanol–water partition coefficient (Wildman–Crippen LogP) is 2.35. The summed E-state index contributed by atoms with van der Waals surface area (Å²) >= 11 is 0. The lowest BCUT2D eigenvalue weighted by molar-refractivity contribution is -0.132. The minimum absolute atomic E-state index is 0.0910. The van der Waals surface area contributed by atoms with E-state index in [1.54, 1.807) is 17.9 Å². The number of hydrogen-bond acceptors (Lipinski definition) is 5. The summed E-state index contributed by atoms with van der Waals surface area (Å²) in [5, 5.41) is 7.06. The van der Waals surface area contributed by atoms with Crippen molar-refractivity contribution in [3.05, 3.63) is 24.0 Å². The van der Waals surface area contributed by atoms with Gasteiger partial charge < -0.3 is 14.6 Å². The van der Waals surface area contributed by atoms with Crippen LogP contribution in [-0.4, -0.2) is 41.3 Å². The molecule has 4 heterocycles. The zero-order valence-electron chi connectivity index (χ0n) is 16.1. The zero-order chi connectivity index (χ0) is 19.2. The average molecular weight is 373 g/mol. The van der Waals surface area contributed by atoms with Crippen LogP contribution in [0.1, 0.15) is 45.3 Å². The van der Waals surface area contributed by atoms with Gasteiger partial charge in [0.25, 0.3) is 0 Å². The lowest BCUT2D eigenvalue weighted by Crippen LogP contribution is -2.46. The van der Waals surface area contributed by atoms with Crippen molar-refractivity contribution in [3.63, 3.8) is 0 Å². The minimum Gasteiger partial charge on any atom is -0.360 e. The summed E-state index contributed by atoms with van der Waals surface area (Å²) in [5.74, 6) is -0.0840. The Bertz CT molecular complexity index is 773. The maximum atomic E-state index is 13.1. The van der Waals surface area contributed by atoms with Gasteiger partial charge in [0, 0.05) is 12.1 Å². The number of unbranched alkanes of at least 4 members (excludes halogenated alkanes) is 2. The summed E-state index contributed by atoms with van der Waals surface area (Å²) < 4.78 is 11.2. The number of rotatable bonds is 7. The van der Waals surface area contributed by atoms with Crippen molar-refractivity contribution in [2.24, 2.45) is 11.8 Å². The molecule has 2 fully saturated rings. The second kappa shape index (κ2) is 6.78. The van der Waals surface area contributed by atoms with E-state index in [0.717, 1.165) is 25.7 Å². The normalized spacial score (nSPS) is 32.2. The molecule has 27 heavy (non-hydrogen) atoms. The SMILES string of the molecule is CCCCC[C@H](C)NC(=O)[C@@H]1[C@H]2C=C[C@@]3(CN(c4cc(C)on4)C(=O)[C@@H]13)O2. The molecule has 1 spiro atoms. The van der Waals surface area contributed by atoms with Crippen molar-refractivity contribution in [3.8, 4) is 0 Å². The van der Waals surface area contributed by atoms with E-state index in [1.165, 1.54) is 0 Å². The maximum absolute atomic E-state index is 13.1. The number of carbonyl (C=O) groups is 2. The van der Waals surface area contributed by atoms with Crippen LogP contribution in [-0.2, 0) is 14.3 Å².